The molecular formula is C28H29F3N4O8. The Hall–Kier alpha value is -4.37. The number of rotatable bonds is 5. The van der Waals surface area contributed by atoms with Crippen LogP contribution < -0.4 is 20.1 Å². The first kappa shape index (κ1) is 30.1. The summed E-state index contributed by atoms with van der Waals surface area (Å²) in [5.74, 6) is -1.64. The molecule has 2 aromatic carbocycles. The Morgan fingerprint density at radius 1 is 0.860 bits per heavy atom. The molecular weight excluding hydrogens is 577 g/mol. The highest BCUT2D eigenvalue weighted by Crippen LogP contribution is 2.39. The number of carbonyl (C=O) groups excluding carboxylic acids is 4. The fraction of sp³-hybridized carbons (Fsp3) is 0.429. The van der Waals surface area contributed by atoms with Crippen LogP contribution in [-0.2, 0) is 24.6 Å². The molecule has 0 saturated carbocycles. The molecule has 0 unspecified atom stereocenters. The summed E-state index contributed by atoms with van der Waals surface area (Å²) in [5.41, 5.74) is -3.27. The summed E-state index contributed by atoms with van der Waals surface area (Å²) in [4.78, 5) is 54.6. The minimum absolute atomic E-state index is 0.0892. The minimum Gasteiger partial charge on any atom is -0.457 e. The molecule has 0 bridgehead atoms. The van der Waals surface area contributed by atoms with Crippen LogP contribution in [0.15, 0.2) is 48.5 Å². The lowest BCUT2D eigenvalue weighted by Gasteiger charge is -2.56. The molecule has 5 rings (SSSR count). The van der Waals surface area contributed by atoms with Crippen LogP contribution in [0.1, 0.15) is 26.3 Å². The summed E-state index contributed by atoms with van der Waals surface area (Å²) in [6.07, 6.45) is -5.34. The number of morpholine rings is 1. The first-order chi connectivity index (χ1) is 20.1. The second-order valence-electron chi connectivity index (χ2n) is 11.4. The number of nitrogens with zero attached hydrogens (tertiary/aromatic N) is 2. The molecule has 3 saturated heterocycles. The van der Waals surface area contributed by atoms with Gasteiger partial charge in [0.25, 0.3) is 11.8 Å². The van der Waals surface area contributed by atoms with Crippen LogP contribution >= 0.6 is 0 Å². The molecule has 3 fully saturated rings. The van der Waals surface area contributed by atoms with Gasteiger partial charge in [-0.2, -0.15) is 0 Å². The maximum atomic E-state index is 13.5. The zero-order valence-electron chi connectivity index (χ0n) is 23.4. The number of urea groups is 1. The fourth-order valence-electron chi connectivity index (χ4n) is 5.29. The van der Waals surface area contributed by atoms with E-state index in [0.717, 1.165) is 12.1 Å². The van der Waals surface area contributed by atoms with E-state index in [1.54, 1.807) is 25.7 Å². The molecule has 1 spiro atoms. The van der Waals surface area contributed by atoms with Crippen LogP contribution in [0.25, 0.3) is 0 Å². The van der Waals surface area contributed by atoms with Gasteiger partial charge >= 0.3 is 18.5 Å². The van der Waals surface area contributed by atoms with Crippen LogP contribution in [-0.4, -0.2) is 84.1 Å². The van der Waals surface area contributed by atoms with E-state index in [2.05, 4.69) is 15.4 Å². The topological polar surface area (TPSA) is 136 Å². The molecule has 15 heteroatoms. The molecule has 0 radical (unpaired) electrons. The number of hydrogen-bond acceptors (Lipinski definition) is 9. The van der Waals surface area contributed by atoms with Crippen molar-refractivity contribution < 1.29 is 51.3 Å². The van der Waals surface area contributed by atoms with Crippen molar-refractivity contribution in [2.24, 2.45) is 0 Å². The van der Waals surface area contributed by atoms with E-state index in [-0.39, 0.29) is 49.8 Å². The molecule has 43 heavy (non-hydrogen) atoms. The first-order valence-corrected chi connectivity index (χ1v) is 13.3. The number of halogens is 3. The van der Waals surface area contributed by atoms with E-state index in [1.165, 1.54) is 41.3 Å². The Morgan fingerprint density at radius 2 is 1.40 bits per heavy atom. The van der Waals surface area contributed by atoms with E-state index in [0.29, 0.717) is 0 Å². The van der Waals surface area contributed by atoms with Crippen LogP contribution in [0.5, 0.6) is 17.2 Å². The van der Waals surface area contributed by atoms with Crippen molar-refractivity contribution in [1.29, 1.82) is 0 Å². The van der Waals surface area contributed by atoms with Crippen LogP contribution in [0, 0.1) is 0 Å². The molecule has 2 aromatic rings. The van der Waals surface area contributed by atoms with Gasteiger partial charge in [-0.05, 0) is 62.7 Å². The maximum absolute atomic E-state index is 13.5. The first-order valence-electron chi connectivity index (χ1n) is 13.3. The number of benzene rings is 2. The van der Waals surface area contributed by atoms with Crippen molar-refractivity contribution in [2.75, 3.05) is 32.8 Å². The smallest absolute Gasteiger partial charge is 0.457 e. The summed E-state index contributed by atoms with van der Waals surface area (Å²) in [6, 6.07) is 9.76. The van der Waals surface area contributed by atoms with E-state index in [9.17, 15) is 32.3 Å². The van der Waals surface area contributed by atoms with Crippen molar-refractivity contribution in [3.05, 3.63) is 54.1 Å². The van der Waals surface area contributed by atoms with Gasteiger partial charge in [-0.25, -0.2) is 9.59 Å². The second kappa shape index (κ2) is 10.7. The molecule has 3 aliphatic heterocycles. The lowest BCUT2D eigenvalue weighted by molar-refractivity contribution is -0.274. The second-order valence-corrected chi connectivity index (χ2v) is 11.4. The molecule has 5 amide bonds. The quantitative estimate of drug-likeness (QED) is 0.492. The summed E-state index contributed by atoms with van der Waals surface area (Å²) < 4.78 is 58.3. The number of alkyl halides is 3. The van der Waals surface area contributed by atoms with Crippen LogP contribution in [0.4, 0.5) is 22.8 Å². The molecule has 0 aromatic heterocycles. The van der Waals surface area contributed by atoms with Gasteiger partial charge in [0.1, 0.15) is 28.5 Å². The number of carbonyl (C=O) groups is 4. The number of amides is 5. The van der Waals surface area contributed by atoms with Gasteiger partial charge in [0, 0.05) is 13.1 Å². The predicted molar refractivity (Wildman–Crippen MR) is 141 cm³/mol. The fourth-order valence-corrected chi connectivity index (χ4v) is 5.29. The Morgan fingerprint density at radius 3 is 1.93 bits per heavy atom. The Bertz CT molecular complexity index is 1400. The number of nitrogens with one attached hydrogen (secondary N) is 2. The third-order valence-electron chi connectivity index (χ3n) is 7.01. The highest BCUT2D eigenvalue weighted by atomic mass is 19.4. The minimum atomic E-state index is -4.83. The number of barbiturate groups is 1. The Balaban J connectivity index is 1.36. The van der Waals surface area contributed by atoms with Gasteiger partial charge in [0.15, 0.2) is 0 Å². The zero-order chi connectivity index (χ0) is 31.2. The number of likely N-dealkylation sites (tertiary alicyclic amines) is 1. The van der Waals surface area contributed by atoms with E-state index in [1.807, 2.05) is 0 Å². The summed E-state index contributed by atoms with van der Waals surface area (Å²) in [6.45, 7) is 6.01. The molecule has 3 aliphatic rings. The van der Waals surface area contributed by atoms with Gasteiger partial charge in [-0.15, -0.1) is 13.2 Å². The summed E-state index contributed by atoms with van der Waals surface area (Å²) in [7, 11) is 0. The molecule has 230 valence electrons. The lowest BCUT2D eigenvalue weighted by atomic mass is 9.81. The normalized spacial score (nSPS) is 20.1. The van der Waals surface area contributed by atoms with Crippen molar-refractivity contribution >= 4 is 23.9 Å². The van der Waals surface area contributed by atoms with Crippen LogP contribution in [0.2, 0.25) is 0 Å². The third kappa shape index (κ3) is 6.22. The van der Waals surface area contributed by atoms with E-state index >= 15 is 0 Å². The van der Waals surface area contributed by atoms with Crippen molar-refractivity contribution in [3.63, 3.8) is 0 Å². The van der Waals surface area contributed by atoms with Gasteiger partial charge < -0.3 is 23.8 Å². The van der Waals surface area contributed by atoms with E-state index in [4.69, 9.17) is 14.2 Å². The number of imide groups is 2. The Labute approximate surface area is 244 Å². The van der Waals surface area contributed by atoms with Gasteiger partial charge in [0.2, 0.25) is 5.54 Å². The molecule has 12 nitrogen and oxygen atoms in total. The molecule has 0 aliphatic carbocycles. The molecule has 2 N–H and O–H groups in total. The average Bonchev–Trinajstić information content (AvgIpc) is 2.87. The highest BCUT2D eigenvalue weighted by Gasteiger charge is 2.60. The summed E-state index contributed by atoms with van der Waals surface area (Å²) in [5, 5.41) is 4.38. The standard InChI is InChI=1S/C28H29F3N4O8/c1-25(2,3)43-24(39)34-14-26(15-34)16-35(12-13-40-26)27(21(36)32-23(38)33-22(27)37)17-4-6-18(7-5-17)41-19-8-10-20(11-9-19)42-28(29,30)31/h4-11H,12-16H2,1-3H3,(H2,32,33,36,37,38). The van der Waals surface area contributed by atoms with Gasteiger partial charge in [-0.1, -0.05) is 12.1 Å². The van der Waals surface area contributed by atoms with Crippen molar-refractivity contribution in [3.8, 4) is 17.2 Å². The largest absolute Gasteiger partial charge is 0.573 e. The molecule has 3 heterocycles. The maximum Gasteiger partial charge on any atom is 0.573 e. The highest BCUT2D eigenvalue weighted by molar-refractivity contribution is 6.22. The van der Waals surface area contributed by atoms with Gasteiger partial charge in [0.05, 0.1) is 19.7 Å². The zero-order valence-corrected chi connectivity index (χ0v) is 23.4. The van der Waals surface area contributed by atoms with Crippen molar-refractivity contribution in [1.82, 2.24) is 20.4 Å². The molecule has 0 atom stereocenters. The Kier molecular flexibility index (Phi) is 7.50. The van der Waals surface area contributed by atoms with Crippen LogP contribution in [0.3, 0.4) is 0 Å². The number of ether oxygens (including phenoxy) is 4. The summed E-state index contributed by atoms with van der Waals surface area (Å²) >= 11 is 0. The number of hydrogen-bond donors (Lipinski definition) is 2. The SMILES string of the molecule is CC(C)(C)OC(=O)N1CC2(C1)CN(C1(c3ccc(Oc4ccc(OC(F)(F)F)cc4)cc3)C(=O)NC(=O)NC1=O)CCO2. The van der Waals surface area contributed by atoms with Gasteiger partial charge in [-0.3, -0.25) is 25.1 Å². The van der Waals surface area contributed by atoms with E-state index < -0.39 is 52.8 Å². The predicted octanol–water partition coefficient (Wildman–Crippen LogP) is 3.26. The average molecular weight is 607 g/mol. The monoisotopic (exact) mass is 606 g/mol. The van der Waals surface area contributed by atoms with Crippen molar-refractivity contribution in [2.45, 2.75) is 43.9 Å². The third-order valence-corrected chi connectivity index (χ3v) is 7.01. The lowest BCUT2D eigenvalue weighted by Crippen LogP contribution is -2.77.